The monoisotopic (exact) mass is 297 g/mol. The fourth-order valence-corrected chi connectivity index (χ4v) is 2.69. The lowest BCUT2D eigenvalue weighted by Gasteiger charge is -2.00. The van der Waals surface area contributed by atoms with Gasteiger partial charge in [0, 0.05) is 16.6 Å². The fraction of sp³-hybridized carbons (Fsp3) is 0.273. The second-order valence-corrected chi connectivity index (χ2v) is 5.10. The molecule has 0 spiro atoms. The summed E-state index contributed by atoms with van der Waals surface area (Å²) in [6, 6.07) is 8.20. The zero-order valence-corrected chi connectivity index (χ0v) is 11.3. The van der Waals surface area contributed by atoms with Crippen LogP contribution in [-0.4, -0.2) is 15.2 Å². The maximum atomic E-state index is 4.35. The van der Waals surface area contributed by atoms with Gasteiger partial charge < -0.3 is 0 Å². The molecule has 0 fully saturated rings. The highest BCUT2D eigenvalue weighted by atomic mass is 79.9. The van der Waals surface area contributed by atoms with E-state index in [9.17, 15) is 0 Å². The van der Waals surface area contributed by atoms with E-state index in [1.807, 2.05) is 18.2 Å². The molecule has 0 amide bonds. The van der Waals surface area contributed by atoms with Gasteiger partial charge in [-0.05, 0) is 11.6 Å². The molecule has 0 aliphatic rings. The Labute approximate surface area is 107 Å². The van der Waals surface area contributed by atoms with Crippen molar-refractivity contribution in [2.24, 2.45) is 0 Å². The molecule has 1 aromatic heterocycles. The third-order valence-electron chi connectivity index (χ3n) is 2.16. The Bertz CT molecular complexity index is 470. The summed E-state index contributed by atoms with van der Waals surface area (Å²) in [5, 5.41) is 7.87. The maximum absolute atomic E-state index is 4.35. The highest BCUT2D eigenvalue weighted by Gasteiger charge is 2.04. The average molecular weight is 298 g/mol. The standard InChI is InChI=1S/C11H12BrN3S/c1-2-10-13-11(15-14-10)16-7-8-5-3-4-6-9(8)12/h3-6H,2,7H2,1H3,(H,13,14,15). The quantitative estimate of drug-likeness (QED) is 0.879. The number of nitrogens with one attached hydrogen (secondary N) is 1. The van der Waals surface area contributed by atoms with Gasteiger partial charge in [-0.2, -0.15) is 0 Å². The van der Waals surface area contributed by atoms with Crippen LogP contribution in [0.5, 0.6) is 0 Å². The van der Waals surface area contributed by atoms with Crippen LogP contribution < -0.4 is 0 Å². The Kier molecular flexibility index (Phi) is 4.01. The van der Waals surface area contributed by atoms with Crippen LogP contribution in [0.3, 0.4) is 0 Å². The van der Waals surface area contributed by atoms with E-state index in [1.165, 1.54) is 5.56 Å². The van der Waals surface area contributed by atoms with Crippen molar-refractivity contribution in [1.82, 2.24) is 15.2 Å². The number of H-pyrrole nitrogens is 1. The van der Waals surface area contributed by atoms with Gasteiger partial charge in [-0.3, -0.25) is 5.10 Å². The number of hydrogen-bond acceptors (Lipinski definition) is 3. The van der Waals surface area contributed by atoms with Crippen molar-refractivity contribution in [3.8, 4) is 0 Å². The first-order valence-electron chi connectivity index (χ1n) is 5.07. The third-order valence-corrected chi connectivity index (χ3v) is 3.83. The zero-order chi connectivity index (χ0) is 11.4. The van der Waals surface area contributed by atoms with Crippen LogP contribution in [0, 0.1) is 0 Å². The molecule has 0 aliphatic carbocycles. The molecular formula is C11H12BrN3S. The number of aromatic nitrogens is 3. The summed E-state index contributed by atoms with van der Waals surface area (Å²) in [5.41, 5.74) is 1.26. The van der Waals surface area contributed by atoms with Crippen molar-refractivity contribution in [3.05, 3.63) is 40.1 Å². The van der Waals surface area contributed by atoms with Crippen LogP contribution in [0.25, 0.3) is 0 Å². The largest absolute Gasteiger partial charge is 0.262 e. The minimum Gasteiger partial charge on any atom is -0.262 e. The van der Waals surface area contributed by atoms with Crippen molar-refractivity contribution in [2.45, 2.75) is 24.3 Å². The molecule has 84 valence electrons. The van der Waals surface area contributed by atoms with Gasteiger partial charge in [0.1, 0.15) is 5.82 Å². The van der Waals surface area contributed by atoms with Crippen molar-refractivity contribution in [2.75, 3.05) is 0 Å². The van der Waals surface area contributed by atoms with Gasteiger partial charge in [-0.15, -0.1) is 5.10 Å². The lowest BCUT2D eigenvalue weighted by Crippen LogP contribution is -1.84. The Morgan fingerprint density at radius 1 is 1.38 bits per heavy atom. The van der Waals surface area contributed by atoms with E-state index in [2.05, 4.69) is 44.1 Å². The Morgan fingerprint density at radius 3 is 2.88 bits per heavy atom. The summed E-state index contributed by atoms with van der Waals surface area (Å²) in [6.07, 6.45) is 0.891. The lowest BCUT2D eigenvalue weighted by molar-refractivity contribution is 0.941. The van der Waals surface area contributed by atoms with E-state index < -0.39 is 0 Å². The number of hydrogen-bond donors (Lipinski definition) is 1. The van der Waals surface area contributed by atoms with E-state index >= 15 is 0 Å². The number of aromatic amines is 1. The Balaban J connectivity index is 1.99. The van der Waals surface area contributed by atoms with E-state index in [0.29, 0.717) is 0 Å². The van der Waals surface area contributed by atoms with E-state index in [0.717, 1.165) is 27.6 Å². The van der Waals surface area contributed by atoms with Crippen molar-refractivity contribution >= 4 is 27.7 Å². The molecule has 0 saturated carbocycles. The second-order valence-electron chi connectivity index (χ2n) is 3.30. The van der Waals surface area contributed by atoms with Crippen LogP contribution in [0.15, 0.2) is 33.9 Å². The molecule has 0 aliphatic heterocycles. The second kappa shape index (κ2) is 5.50. The summed E-state index contributed by atoms with van der Waals surface area (Å²) in [6.45, 7) is 2.06. The summed E-state index contributed by atoms with van der Waals surface area (Å²) in [4.78, 5) is 4.35. The molecular weight excluding hydrogens is 286 g/mol. The van der Waals surface area contributed by atoms with E-state index in [4.69, 9.17) is 0 Å². The van der Waals surface area contributed by atoms with Gasteiger partial charge in [0.15, 0.2) is 0 Å². The van der Waals surface area contributed by atoms with Gasteiger partial charge in [0.25, 0.3) is 0 Å². The first-order chi connectivity index (χ1) is 7.79. The van der Waals surface area contributed by atoms with Crippen LogP contribution in [0.1, 0.15) is 18.3 Å². The van der Waals surface area contributed by atoms with E-state index in [-0.39, 0.29) is 0 Å². The Morgan fingerprint density at radius 2 is 2.19 bits per heavy atom. The predicted molar refractivity (Wildman–Crippen MR) is 69.5 cm³/mol. The van der Waals surface area contributed by atoms with Crippen LogP contribution in [0.2, 0.25) is 0 Å². The lowest BCUT2D eigenvalue weighted by atomic mass is 10.2. The summed E-state index contributed by atoms with van der Waals surface area (Å²) in [5.74, 6) is 1.82. The van der Waals surface area contributed by atoms with Crippen LogP contribution >= 0.6 is 27.7 Å². The zero-order valence-electron chi connectivity index (χ0n) is 8.90. The van der Waals surface area contributed by atoms with Gasteiger partial charge in [0.05, 0.1) is 0 Å². The molecule has 3 nitrogen and oxygen atoms in total. The number of rotatable bonds is 4. The summed E-state index contributed by atoms with van der Waals surface area (Å²) < 4.78 is 1.13. The number of benzene rings is 1. The first-order valence-corrected chi connectivity index (χ1v) is 6.85. The van der Waals surface area contributed by atoms with Gasteiger partial charge >= 0.3 is 0 Å². The smallest absolute Gasteiger partial charge is 0.208 e. The topological polar surface area (TPSA) is 41.6 Å². The molecule has 1 N–H and O–H groups in total. The maximum Gasteiger partial charge on any atom is 0.208 e. The highest BCUT2D eigenvalue weighted by molar-refractivity contribution is 9.10. The molecule has 0 radical (unpaired) electrons. The molecule has 16 heavy (non-hydrogen) atoms. The number of halogens is 1. The van der Waals surface area contributed by atoms with E-state index in [1.54, 1.807) is 11.8 Å². The number of nitrogens with zero attached hydrogens (tertiary/aromatic N) is 2. The van der Waals surface area contributed by atoms with Gasteiger partial charge in [0.2, 0.25) is 5.16 Å². The average Bonchev–Trinajstić information content (AvgIpc) is 2.76. The first kappa shape index (κ1) is 11.7. The fourth-order valence-electron chi connectivity index (χ4n) is 1.26. The predicted octanol–water partition coefficient (Wildman–Crippen LogP) is 3.42. The Hall–Kier alpha value is -0.810. The third kappa shape index (κ3) is 2.86. The van der Waals surface area contributed by atoms with Crippen molar-refractivity contribution in [1.29, 1.82) is 0 Å². The van der Waals surface area contributed by atoms with Crippen LogP contribution in [0.4, 0.5) is 0 Å². The van der Waals surface area contributed by atoms with Gasteiger partial charge in [-0.1, -0.05) is 52.8 Å². The molecule has 5 heteroatoms. The van der Waals surface area contributed by atoms with Gasteiger partial charge in [-0.25, -0.2) is 4.98 Å². The number of thioether (sulfide) groups is 1. The van der Waals surface area contributed by atoms with Crippen molar-refractivity contribution in [3.63, 3.8) is 0 Å². The molecule has 2 rings (SSSR count). The molecule has 2 aromatic rings. The van der Waals surface area contributed by atoms with Crippen molar-refractivity contribution < 1.29 is 0 Å². The molecule has 0 saturated heterocycles. The minimum absolute atomic E-state index is 0.813. The normalized spacial score (nSPS) is 10.6. The molecule has 0 bridgehead atoms. The SMILES string of the molecule is CCc1nc(SCc2ccccc2Br)n[nH]1. The molecule has 0 unspecified atom stereocenters. The summed E-state index contributed by atoms with van der Waals surface area (Å²) in [7, 11) is 0. The summed E-state index contributed by atoms with van der Waals surface area (Å²) >= 11 is 5.17. The molecule has 0 atom stereocenters. The minimum atomic E-state index is 0.813. The highest BCUT2D eigenvalue weighted by Crippen LogP contribution is 2.24. The molecule has 1 aromatic carbocycles. The van der Waals surface area contributed by atoms with Crippen LogP contribution in [-0.2, 0) is 12.2 Å². The molecule has 1 heterocycles. The number of aryl methyl sites for hydroxylation is 1.